The molecule has 0 aromatic heterocycles. The third kappa shape index (κ3) is 3.97. The van der Waals surface area contributed by atoms with E-state index in [4.69, 9.17) is 31.5 Å². The Kier molecular flexibility index (Phi) is 5.65. The molecule has 7 heteroatoms. The number of benzene rings is 2. The van der Waals surface area contributed by atoms with Crippen molar-refractivity contribution in [2.75, 3.05) is 13.7 Å². The van der Waals surface area contributed by atoms with E-state index in [9.17, 15) is 9.59 Å². The van der Waals surface area contributed by atoms with Gasteiger partial charge in [0.25, 0.3) is 0 Å². The number of carbonyl (C=O) groups excluding carboxylic acids is 2. The van der Waals surface area contributed by atoms with Crippen molar-refractivity contribution in [2.24, 2.45) is 5.73 Å². The molecule has 2 aromatic rings. The van der Waals surface area contributed by atoms with Crippen LogP contribution in [0.3, 0.4) is 0 Å². The summed E-state index contributed by atoms with van der Waals surface area (Å²) < 4.78 is 15.8. The standard InChI is InChI=1S/C17H16ClNO5/c1-3-23-14-9-11(16(19)20)8-13(18)15(14)24-17(21)10-4-6-12(22-2)7-5-10/h4-9H,3H2,1-2H3,(H2,19,20). The summed E-state index contributed by atoms with van der Waals surface area (Å²) in [4.78, 5) is 23.6. The Bertz CT molecular complexity index is 758. The molecular weight excluding hydrogens is 334 g/mol. The van der Waals surface area contributed by atoms with E-state index < -0.39 is 11.9 Å². The molecule has 0 radical (unpaired) electrons. The minimum absolute atomic E-state index is 0.0318. The summed E-state index contributed by atoms with van der Waals surface area (Å²) in [5.74, 6) is -0.464. The molecule has 0 saturated carbocycles. The fourth-order valence-corrected chi connectivity index (χ4v) is 2.20. The van der Waals surface area contributed by atoms with Gasteiger partial charge in [-0.25, -0.2) is 4.79 Å². The molecule has 0 saturated heterocycles. The Hall–Kier alpha value is -2.73. The maximum atomic E-state index is 12.3. The van der Waals surface area contributed by atoms with E-state index in [0.29, 0.717) is 17.9 Å². The average molecular weight is 350 g/mol. The van der Waals surface area contributed by atoms with Crippen LogP contribution in [0.25, 0.3) is 0 Å². The summed E-state index contributed by atoms with van der Waals surface area (Å²) in [5.41, 5.74) is 5.72. The summed E-state index contributed by atoms with van der Waals surface area (Å²) in [5, 5.41) is 0.0524. The molecule has 0 fully saturated rings. The van der Waals surface area contributed by atoms with Crippen molar-refractivity contribution in [1.82, 2.24) is 0 Å². The first-order valence-electron chi connectivity index (χ1n) is 7.08. The van der Waals surface area contributed by atoms with Gasteiger partial charge in [-0.3, -0.25) is 4.79 Å². The lowest BCUT2D eigenvalue weighted by atomic mass is 10.2. The van der Waals surface area contributed by atoms with Gasteiger partial charge < -0.3 is 19.9 Å². The molecule has 2 rings (SSSR count). The highest BCUT2D eigenvalue weighted by Crippen LogP contribution is 2.37. The van der Waals surface area contributed by atoms with Crippen molar-refractivity contribution in [1.29, 1.82) is 0 Å². The van der Waals surface area contributed by atoms with Gasteiger partial charge in [0.05, 0.1) is 24.3 Å². The first-order chi connectivity index (χ1) is 11.5. The van der Waals surface area contributed by atoms with E-state index in [2.05, 4.69) is 0 Å². The Morgan fingerprint density at radius 1 is 1.12 bits per heavy atom. The lowest BCUT2D eigenvalue weighted by Crippen LogP contribution is -2.13. The largest absolute Gasteiger partial charge is 0.497 e. The Morgan fingerprint density at radius 3 is 2.33 bits per heavy atom. The molecule has 0 atom stereocenters. The smallest absolute Gasteiger partial charge is 0.343 e. The first kappa shape index (κ1) is 17.6. The zero-order chi connectivity index (χ0) is 17.7. The quantitative estimate of drug-likeness (QED) is 0.639. The van der Waals surface area contributed by atoms with Gasteiger partial charge >= 0.3 is 5.97 Å². The zero-order valence-electron chi connectivity index (χ0n) is 13.2. The monoisotopic (exact) mass is 349 g/mol. The van der Waals surface area contributed by atoms with Crippen molar-refractivity contribution in [3.63, 3.8) is 0 Å². The number of rotatable bonds is 6. The normalized spacial score (nSPS) is 10.1. The lowest BCUT2D eigenvalue weighted by molar-refractivity contribution is 0.0728. The number of ether oxygens (including phenoxy) is 3. The second kappa shape index (κ2) is 7.70. The van der Waals surface area contributed by atoms with E-state index in [1.54, 1.807) is 31.2 Å². The van der Waals surface area contributed by atoms with E-state index in [-0.39, 0.29) is 22.1 Å². The van der Waals surface area contributed by atoms with E-state index >= 15 is 0 Å². The van der Waals surface area contributed by atoms with Crippen molar-refractivity contribution in [2.45, 2.75) is 6.92 Å². The van der Waals surface area contributed by atoms with Crippen LogP contribution in [0.2, 0.25) is 5.02 Å². The molecule has 0 unspecified atom stereocenters. The van der Waals surface area contributed by atoms with Crippen LogP contribution in [-0.2, 0) is 0 Å². The number of methoxy groups -OCH3 is 1. The van der Waals surface area contributed by atoms with E-state index in [1.165, 1.54) is 19.2 Å². The third-order valence-electron chi connectivity index (χ3n) is 3.11. The number of hydrogen-bond acceptors (Lipinski definition) is 5. The van der Waals surface area contributed by atoms with Crippen molar-refractivity contribution in [3.05, 3.63) is 52.5 Å². The fraction of sp³-hybridized carbons (Fsp3) is 0.176. The van der Waals surface area contributed by atoms with Crippen LogP contribution in [0.5, 0.6) is 17.2 Å². The summed E-state index contributed by atoms with van der Waals surface area (Å²) in [6.45, 7) is 2.05. The van der Waals surface area contributed by atoms with E-state index in [1.807, 2.05) is 0 Å². The van der Waals surface area contributed by atoms with Gasteiger partial charge in [0.1, 0.15) is 5.75 Å². The van der Waals surface area contributed by atoms with Crippen LogP contribution >= 0.6 is 11.6 Å². The van der Waals surface area contributed by atoms with Gasteiger partial charge in [-0.2, -0.15) is 0 Å². The van der Waals surface area contributed by atoms with Gasteiger partial charge in [-0.05, 0) is 43.3 Å². The van der Waals surface area contributed by atoms with Crippen LogP contribution in [0.15, 0.2) is 36.4 Å². The number of halogens is 1. The highest BCUT2D eigenvalue weighted by Gasteiger charge is 2.19. The highest BCUT2D eigenvalue weighted by molar-refractivity contribution is 6.33. The first-order valence-corrected chi connectivity index (χ1v) is 7.46. The molecular formula is C17H16ClNO5. The minimum atomic E-state index is -0.661. The molecule has 2 aromatic carbocycles. The maximum Gasteiger partial charge on any atom is 0.343 e. The second-order valence-corrected chi connectivity index (χ2v) is 5.11. The average Bonchev–Trinajstić information content (AvgIpc) is 2.57. The van der Waals surface area contributed by atoms with Gasteiger partial charge in [0.2, 0.25) is 5.91 Å². The lowest BCUT2D eigenvalue weighted by Gasteiger charge is -2.13. The van der Waals surface area contributed by atoms with Crippen molar-refractivity contribution < 1.29 is 23.8 Å². The molecule has 2 N–H and O–H groups in total. The van der Waals surface area contributed by atoms with Crippen LogP contribution in [0.4, 0.5) is 0 Å². The molecule has 24 heavy (non-hydrogen) atoms. The molecule has 0 spiro atoms. The van der Waals surface area contributed by atoms with Crippen LogP contribution in [0.1, 0.15) is 27.6 Å². The van der Waals surface area contributed by atoms with Crippen LogP contribution in [-0.4, -0.2) is 25.6 Å². The van der Waals surface area contributed by atoms with Crippen LogP contribution in [0, 0.1) is 0 Å². The Morgan fingerprint density at radius 2 is 1.79 bits per heavy atom. The van der Waals surface area contributed by atoms with Gasteiger partial charge in [-0.15, -0.1) is 0 Å². The van der Waals surface area contributed by atoms with Crippen LogP contribution < -0.4 is 19.9 Å². The number of nitrogens with two attached hydrogens (primary N) is 1. The number of esters is 1. The fourth-order valence-electron chi connectivity index (χ4n) is 1.95. The van der Waals surface area contributed by atoms with Gasteiger partial charge in [0.15, 0.2) is 11.5 Å². The number of primary amides is 1. The molecule has 1 amide bonds. The highest BCUT2D eigenvalue weighted by atomic mass is 35.5. The predicted octanol–water partition coefficient (Wildman–Crippen LogP) is 3.07. The number of amides is 1. The van der Waals surface area contributed by atoms with Gasteiger partial charge in [0, 0.05) is 5.56 Å². The summed E-state index contributed by atoms with van der Waals surface area (Å²) >= 11 is 6.11. The van der Waals surface area contributed by atoms with Gasteiger partial charge in [-0.1, -0.05) is 11.6 Å². The summed E-state index contributed by atoms with van der Waals surface area (Å²) in [6.07, 6.45) is 0. The van der Waals surface area contributed by atoms with Crippen molar-refractivity contribution >= 4 is 23.5 Å². The molecule has 0 aliphatic heterocycles. The number of hydrogen-bond donors (Lipinski definition) is 1. The molecule has 0 heterocycles. The summed E-state index contributed by atoms with van der Waals surface area (Å²) in [6, 6.07) is 9.10. The Balaban J connectivity index is 2.32. The topological polar surface area (TPSA) is 87.9 Å². The van der Waals surface area contributed by atoms with E-state index in [0.717, 1.165) is 0 Å². The number of carbonyl (C=O) groups is 2. The third-order valence-corrected chi connectivity index (χ3v) is 3.40. The maximum absolute atomic E-state index is 12.3. The second-order valence-electron chi connectivity index (χ2n) is 4.70. The zero-order valence-corrected chi connectivity index (χ0v) is 13.9. The molecule has 0 bridgehead atoms. The predicted molar refractivity (Wildman–Crippen MR) is 89.1 cm³/mol. The molecule has 126 valence electrons. The SMILES string of the molecule is CCOc1cc(C(N)=O)cc(Cl)c1OC(=O)c1ccc(OC)cc1. The minimum Gasteiger partial charge on any atom is -0.497 e. The van der Waals surface area contributed by atoms with Crippen molar-refractivity contribution in [3.8, 4) is 17.2 Å². The Labute approximate surface area is 144 Å². The molecule has 6 nitrogen and oxygen atoms in total. The summed E-state index contributed by atoms with van der Waals surface area (Å²) in [7, 11) is 1.53. The molecule has 0 aliphatic carbocycles. The molecule has 0 aliphatic rings.